The maximum Gasteiger partial charge on any atom is 0.323 e. The van der Waals surface area contributed by atoms with Crippen molar-refractivity contribution in [1.29, 1.82) is 0 Å². The van der Waals surface area contributed by atoms with Crippen molar-refractivity contribution in [3.63, 3.8) is 0 Å². The van der Waals surface area contributed by atoms with Gasteiger partial charge in [-0.25, -0.2) is 0 Å². The van der Waals surface area contributed by atoms with E-state index in [1.54, 1.807) is 45.0 Å². The number of hydrogen-bond donors (Lipinski definition) is 1. The number of carbonyl (C=O) groups excluding carboxylic acids is 3. The van der Waals surface area contributed by atoms with Gasteiger partial charge in [-0.05, 0) is 38.3 Å². The van der Waals surface area contributed by atoms with E-state index < -0.39 is 23.3 Å². The number of unbranched alkanes of at least 4 members (excludes halogenated alkanes) is 1. The molecule has 0 spiro atoms. The molecule has 1 aromatic rings. The summed E-state index contributed by atoms with van der Waals surface area (Å²) in [6.45, 7) is 7.33. The van der Waals surface area contributed by atoms with Crippen molar-refractivity contribution in [3.05, 3.63) is 29.3 Å². The molecule has 28 heavy (non-hydrogen) atoms. The molecular formula is C21H30ClNO5. The highest BCUT2D eigenvalue weighted by Gasteiger charge is 2.52. The van der Waals surface area contributed by atoms with E-state index in [4.69, 9.17) is 21.1 Å². The summed E-state index contributed by atoms with van der Waals surface area (Å²) >= 11 is 6.08. The SMILES string of the molecule is CCCCC(C(=O)OCC)(C(=O)OCC)[C@H](C)CC(=O)Nc1ccccc1Cl. The molecule has 0 aliphatic rings. The monoisotopic (exact) mass is 411 g/mol. The third-order valence-electron chi connectivity index (χ3n) is 4.68. The Morgan fingerprint density at radius 2 is 1.64 bits per heavy atom. The van der Waals surface area contributed by atoms with E-state index in [-0.39, 0.29) is 32.0 Å². The minimum Gasteiger partial charge on any atom is -0.465 e. The van der Waals surface area contributed by atoms with Gasteiger partial charge in [0.05, 0.1) is 23.9 Å². The van der Waals surface area contributed by atoms with Crippen LogP contribution in [0.5, 0.6) is 0 Å². The molecule has 1 aromatic carbocycles. The molecule has 0 saturated carbocycles. The van der Waals surface area contributed by atoms with Gasteiger partial charge in [0.1, 0.15) is 0 Å². The molecule has 0 fully saturated rings. The summed E-state index contributed by atoms with van der Waals surface area (Å²) in [5.74, 6) is -2.23. The molecule has 0 saturated heterocycles. The average molecular weight is 412 g/mol. The van der Waals surface area contributed by atoms with Crippen molar-refractivity contribution in [2.75, 3.05) is 18.5 Å². The van der Waals surface area contributed by atoms with Crippen molar-refractivity contribution in [2.45, 2.75) is 53.4 Å². The molecule has 0 unspecified atom stereocenters. The van der Waals surface area contributed by atoms with E-state index in [0.29, 0.717) is 17.1 Å². The van der Waals surface area contributed by atoms with Crippen molar-refractivity contribution < 1.29 is 23.9 Å². The normalized spacial score (nSPS) is 12.2. The molecule has 156 valence electrons. The molecule has 1 atom stereocenters. The van der Waals surface area contributed by atoms with Crippen LogP contribution in [0.1, 0.15) is 53.4 Å². The first-order valence-electron chi connectivity index (χ1n) is 9.72. The second kappa shape index (κ2) is 11.7. The molecule has 0 aliphatic carbocycles. The van der Waals surface area contributed by atoms with Crippen LogP contribution in [0.15, 0.2) is 24.3 Å². The third-order valence-corrected chi connectivity index (χ3v) is 5.01. The standard InChI is InChI=1S/C21H30ClNO5/c1-5-8-13-21(19(25)27-6-2,20(26)28-7-3)15(4)14-18(24)23-17-12-10-9-11-16(17)22/h9-12,15H,5-8,13-14H2,1-4H3,(H,23,24)/t15-/m1/s1. The van der Waals surface area contributed by atoms with Gasteiger partial charge in [-0.1, -0.05) is 50.4 Å². The van der Waals surface area contributed by atoms with Crippen LogP contribution < -0.4 is 5.32 Å². The van der Waals surface area contributed by atoms with E-state index in [1.165, 1.54) is 0 Å². The van der Waals surface area contributed by atoms with Gasteiger partial charge in [-0.15, -0.1) is 0 Å². The number of anilines is 1. The lowest BCUT2D eigenvalue weighted by atomic mass is 9.71. The maximum absolute atomic E-state index is 12.8. The topological polar surface area (TPSA) is 81.7 Å². The van der Waals surface area contributed by atoms with Gasteiger partial charge < -0.3 is 14.8 Å². The molecule has 1 N–H and O–H groups in total. The number of para-hydroxylation sites is 1. The number of nitrogens with one attached hydrogen (secondary N) is 1. The highest BCUT2D eigenvalue weighted by atomic mass is 35.5. The number of esters is 2. The summed E-state index contributed by atoms with van der Waals surface area (Å²) in [6.07, 6.45) is 1.64. The summed E-state index contributed by atoms with van der Waals surface area (Å²) in [7, 11) is 0. The Balaban J connectivity index is 3.11. The fourth-order valence-electron chi connectivity index (χ4n) is 3.13. The number of benzene rings is 1. The smallest absolute Gasteiger partial charge is 0.323 e. The predicted molar refractivity (Wildman–Crippen MR) is 109 cm³/mol. The number of amides is 1. The zero-order valence-electron chi connectivity index (χ0n) is 17.0. The molecule has 0 heterocycles. The van der Waals surface area contributed by atoms with Gasteiger partial charge in [0.15, 0.2) is 5.41 Å². The van der Waals surface area contributed by atoms with Crippen LogP contribution in [0.25, 0.3) is 0 Å². The van der Waals surface area contributed by atoms with Crippen molar-refractivity contribution in [2.24, 2.45) is 11.3 Å². The Kier molecular flexibility index (Phi) is 10.0. The zero-order valence-corrected chi connectivity index (χ0v) is 17.8. The van der Waals surface area contributed by atoms with Gasteiger partial charge in [0.2, 0.25) is 5.91 Å². The molecule has 1 rings (SSSR count). The lowest BCUT2D eigenvalue weighted by molar-refractivity contribution is -0.177. The lowest BCUT2D eigenvalue weighted by Gasteiger charge is -2.34. The van der Waals surface area contributed by atoms with Crippen LogP contribution in [0.3, 0.4) is 0 Å². The van der Waals surface area contributed by atoms with Crippen LogP contribution >= 0.6 is 11.6 Å². The number of carbonyl (C=O) groups is 3. The minimum absolute atomic E-state index is 0.0490. The number of halogens is 1. The van der Waals surface area contributed by atoms with E-state index >= 15 is 0 Å². The van der Waals surface area contributed by atoms with E-state index in [2.05, 4.69) is 5.32 Å². The molecule has 1 amide bonds. The Hall–Kier alpha value is -2.08. The van der Waals surface area contributed by atoms with Crippen LogP contribution in [0, 0.1) is 11.3 Å². The Morgan fingerprint density at radius 1 is 1.07 bits per heavy atom. The van der Waals surface area contributed by atoms with E-state index in [1.807, 2.05) is 6.92 Å². The summed E-state index contributed by atoms with van der Waals surface area (Å²) in [6, 6.07) is 6.88. The number of rotatable bonds is 11. The fraction of sp³-hybridized carbons (Fsp3) is 0.571. The highest BCUT2D eigenvalue weighted by Crippen LogP contribution is 2.39. The minimum atomic E-state index is -1.51. The highest BCUT2D eigenvalue weighted by molar-refractivity contribution is 6.33. The van der Waals surface area contributed by atoms with Crippen molar-refractivity contribution in [1.82, 2.24) is 0 Å². The fourth-order valence-corrected chi connectivity index (χ4v) is 3.31. The summed E-state index contributed by atoms with van der Waals surface area (Å²) < 4.78 is 10.4. The van der Waals surface area contributed by atoms with Crippen LogP contribution in [-0.2, 0) is 23.9 Å². The van der Waals surface area contributed by atoms with Gasteiger partial charge >= 0.3 is 11.9 Å². The van der Waals surface area contributed by atoms with Gasteiger partial charge in [-0.3, -0.25) is 14.4 Å². The van der Waals surface area contributed by atoms with Crippen molar-refractivity contribution >= 4 is 35.1 Å². The first kappa shape index (κ1) is 24.0. The molecular weight excluding hydrogens is 382 g/mol. The van der Waals surface area contributed by atoms with Crippen LogP contribution in [0.4, 0.5) is 5.69 Å². The van der Waals surface area contributed by atoms with Crippen molar-refractivity contribution in [3.8, 4) is 0 Å². The molecule has 7 heteroatoms. The second-order valence-corrected chi connectivity index (χ2v) is 7.06. The molecule has 0 radical (unpaired) electrons. The van der Waals surface area contributed by atoms with Crippen LogP contribution in [-0.4, -0.2) is 31.1 Å². The van der Waals surface area contributed by atoms with Gasteiger partial charge in [0, 0.05) is 6.42 Å². The number of hydrogen-bond acceptors (Lipinski definition) is 5. The van der Waals surface area contributed by atoms with E-state index in [0.717, 1.165) is 6.42 Å². The Labute approximate surface area is 171 Å². The molecule has 0 aliphatic heterocycles. The Morgan fingerprint density at radius 3 is 2.14 bits per heavy atom. The van der Waals surface area contributed by atoms with Gasteiger partial charge in [-0.2, -0.15) is 0 Å². The summed E-state index contributed by atoms with van der Waals surface area (Å²) in [4.78, 5) is 38.3. The number of ether oxygens (including phenoxy) is 2. The zero-order chi connectivity index (χ0) is 21.2. The molecule has 6 nitrogen and oxygen atoms in total. The third kappa shape index (κ3) is 5.96. The first-order chi connectivity index (χ1) is 13.3. The molecule has 0 bridgehead atoms. The predicted octanol–water partition coefficient (Wildman–Crippen LogP) is 4.61. The lowest BCUT2D eigenvalue weighted by Crippen LogP contribution is -2.48. The van der Waals surface area contributed by atoms with E-state index in [9.17, 15) is 14.4 Å². The second-order valence-electron chi connectivity index (χ2n) is 6.65. The Bertz CT molecular complexity index is 659. The maximum atomic E-state index is 12.8. The quantitative estimate of drug-likeness (QED) is 0.424. The average Bonchev–Trinajstić information content (AvgIpc) is 2.64. The summed E-state index contributed by atoms with van der Waals surface area (Å²) in [5, 5.41) is 3.15. The first-order valence-corrected chi connectivity index (χ1v) is 10.1. The largest absolute Gasteiger partial charge is 0.465 e. The van der Waals surface area contributed by atoms with Crippen LogP contribution in [0.2, 0.25) is 5.02 Å². The van der Waals surface area contributed by atoms with Gasteiger partial charge in [0.25, 0.3) is 0 Å². The molecule has 0 aromatic heterocycles. The summed E-state index contributed by atoms with van der Waals surface area (Å²) in [5.41, 5.74) is -1.03.